The van der Waals surface area contributed by atoms with Crippen molar-refractivity contribution in [2.24, 2.45) is 5.92 Å². The van der Waals surface area contributed by atoms with E-state index in [1.807, 2.05) is 23.0 Å². The first-order valence-electron chi connectivity index (χ1n) is 6.91. The number of hydrogen-bond acceptors (Lipinski definition) is 3. The lowest BCUT2D eigenvalue weighted by Gasteiger charge is -2.24. The molecule has 0 aromatic carbocycles. The molecular formula is C14H19BrN4. The Morgan fingerprint density at radius 3 is 2.95 bits per heavy atom. The quantitative estimate of drug-likeness (QED) is 0.844. The van der Waals surface area contributed by atoms with Gasteiger partial charge in [-0.25, -0.2) is 9.97 Å². The number of nitrogens with zero attached hydrogens (tertiary/aromatic N) is 4. The number of anilines is 1. The first-order valence-corrected chi connectivity index (χ1v) is 7.70. The monoisotopic (exact) mass is 322 g/mol. The van der Waals surface area contributed by atoms with Gasteiger partial charge >= 0.3 is 0 Å². The van der Waals surface area contributed by atoms with Crippen molar-refractivity contribution in [2.45, 2.75) is 39.2 Å². The molecule has 0 atom stereocenters. The molecule has 0 amide bonds. The van der Waals surface area contributed by atoms with Crippen LogP contribution in [0.2, 0.25) is 0 Å². The van der Waals surface area contributed by atoms with Crippen LogP contribution in [0.3, 0.4) is 0 Å². The van der Waals surface area contributed by atoms with Gasteiger partial charge in [0.15, 0.2) is 11.5 Å². The van der Waals surface area contributed by atoms with Gasteiger partial charge in [-0.1, -0.05) is 13.8 Å². The summed E-state index contributed by atoms with van der Waals surface area (Å²) < 4.78 is 2.90. The summed E-state index contributed by atoms with van der Waals surface area (Å²) in [7, 11) is 0. The average molecular weight is 323 g/mol. The normalized spacial score (nSPS) is 15.4. The summed E-state index contributed by atoms with van der Waals surface area (Å²) in [5.74, 6) is 1.73. The van der Waals surface area contributed by atoms with Crippen LogP contribution in [0.5, 0.6) is 0 Å². The second-order valence-electron chi connectivity index (χ2n) is 5.65. The predicted octanol–water partition coefficient (Wildman–Crippen LogP) is 3.51. The van der Waals surface area contributed by atoms with Gasteiger partial charge in [0, 0.05) is 31.2 Å². The number of fused-ring (bicyclic) bond motifs is 1. The smallest absolute Gasteiger partial charge is 0.180 e. The predicted molar refractivity (Wildman–Crippen MR) is 80.5 cm³/mol. The van der Waals surface area contributed by atoms with E-state index in [0.717, 1.165) is 22.6 Å². The number of hydrogen-bond donors (Lipinski definition) is 0. The van der Waals surface area contributed by atoms with E-state index < -0.39 is 0 Å². The van der Waals surface area contributed by atoms with E-state index in [1.54, 1.807) is 0 Å². The summed E-state index contributed by atoms with van der Waals surface area (Å²) in [6.07, 6.45) is 9.51. The number of imidazole rings is 1. The fourth-order valence-electron chi connectivity index (χ4n) is 2.32. The van der Waals surface area contributed by atoms with E-state index in [0.29, 0.717) is 12.0 Å². The highest BCUT2D eigenvalue weighted by Gasteiger charge is 2.31. The van der Waals surface area contributed by atoms with Gasteiger partial charge < -0.3 is 9.30 Å². The zero-order chi connectivity index (χ0) is 13.4. The molecule has 1 fully saturated rings. The molecule has 1 aliphatic carbocycles. The summed E-state index contributed by atoms with van der Waals surface area (Å²) in [6, 6.07) is 0.654. The summed E-state index contributed by atoms with van der Waals surface area (Å²) in [5, 5.41) is 0. The number of halogens is 1. The van der Waals surface area contributed by atoms with Crippen molar-refractivity contribution in [2.75, 3.05) is 11.4 Å². The molecular weight excluding hydrogens is 304 g/mol. The molecule has 0 spiro atoms. The Bertz CT molecular complexity index is 574. The molecule has 4 nitrogen and oxygen atoms in total. The summed E-state index contributed by atoms with van der Waals surface area (Å²) in [6.45, 7) is 5.60. The van der Waals surface area contributed by atoms with Crippen LogP contribution in [-0.4, -0.2) is 27.0 Å². The van der Waals surface area contributed by atoms with Crippen molar-refractivity contribution < 1.29 is 0 Å². The third-order valence-corrected chi connectivity index (χ3v) is 3.92. The fraction of sp³-hybridized carbons (Fsp3) is 0.571. The van der Waals surface area contributed by atoms with Gasteiger partial charge in [-0.3, -0.25) is 0 Å². The van der Waals surface area contributed by atoms with Gasteiger partial charge in [-0.15, -0.1) is 0 Å². The highest BCUT2D eigenvalue weighted by Crippen LogP contribution is 2.33. The summed E-state index contributed by atoms with van der Waals surface area (Å²) >= 11 is 3.50. The van der Waals surface area contributed by atoms with Crippen molar-refractivity contribution >= 4 is 27.4 Å². The third-order valence-electron chi connectivity index (χ3n) is 3.53. The van der Waals surface area contributed by atoms with Gasteiger partial charge in [-0.05, 0) is 41.1 Å². The minimum Gasteiger partial charge on any atom is -0.350 e. The van der Waals surface area contributed by atoms with Gasteiger partial charge in [0.2, 0.25) is 0 Å². The van der Waals surface area contributed by atoms with Crippen molar-refractivity contribution in [3.63, 3.8) is 0 Å². The largest absolute Gasteiger partial charge is 0.350 e. The standard InChI is InChI=1S/C14H19BrN4/c1-10(2)5-7-19(11-3-4-11)14-13-16-6-8-18(13)9-12(15)17-14/h6,8-11H,3-5,7H2,1-2H3. The Morgan fingerprint density at radius 2 is 2.26 bits per heavy atom. The Labute approximate surface area is 122 Å². The van der Waals surface area contributed by atoms with Gasteiger partial charge in [0.1, 0.15) is 4.60 Å². The van der Waals surface area contributed by atoms with Gasteiger partial charge in [-0.2, -0.15) is 0 Å². The van der Waals surface area contributed by atoms with E-state index in [2.05, 4.69) is 44.6 Å². The molecule has 102 valence electrons. The Kier molecular flexibility index (Phi) is 3.48. The van der Waals surface area contributed by atoms with E-state index in [1.165, 1.54) is 19.3 Å². The second kappa shape index (κ2) is 5.12. The van der Waals surface area contributed by atoms with Crippen LogP contribution < -0.4 is 4.90 Å². The Balaban J connectivity index is 1.96. The fourth-order valence-corrected chi connectivity index (χ4v) is 2.71. The van der Waals surface area contributed by atoms with E-state index in [9.17, 15) is 0 Å². The van der Waals surface area contributed by atoms with E-state index in [4.69, 9.17) is 0 Å². The molecule has 0 N–H and O–H groups in total. The lowest BCUT2D eigenvalue weighted by atomic mass is 10.1. The van der Waals surface area contributed by atoms with Crippen LogP contribution in [0.1, 0.15) is 33.1 Å². The Morgan fingerprint density at radius 1 is 1.47 bits per heavy atom. The van der Waals surface area contributed by atoms with Crippen LogP contribution in [-0.2, 0) is 0 Å². The molecule has 0 aliphatic heterocycles. The molecule has 0 saturated heterocycles. The molecule has 0 bridgehead atoms. The Hall–Kier alpha value is -1.10. The first kappa shape index (κ1) is 12.9. The minimum absolute atomic E-state index is 0.654. The van der Waals surface area contributed by atoms with Crippen LogP contribution in [0.25, 0.3) is 5.65 Å². The molecule has 1 aliphatic rings. The molecule has 0 unspecified atom stereocenters. The van der Waals surface area contributed by atoms with Crippen LogP contribution in [0, 0.1) is 5.92 Å². The van der Waals surface area contributed by atoms with Crippen molar-refractivity contribution in [3.05, 3.63) is 23.2 Å². The van der Waals surface area contributed by atoms with Crippen molar-refractivity contribution in [1.82, 2.24) is 14.4 Å². The highest BCUT2D eigenvalue weighted by atomic mass is 79.9. The van der Waals surface area contributed by atoms with Gasteiger partial charge in [0.25, 0.3) is 0 Å². The molecule has 0 radical (unpaired) electrons. The van der Waals surface area contributed by atoms with Crippen LogP contribution in [0.15, 0.2) is 23.2 Å². The maximum absolute atomic E-state index is 4.67. The van der Waals surface area contributed by atoms with Crippen molar-refractivity contribution in [1.29, 1.82) is 0 Å². The molecule has 1 saturated carbocycles. The topological polar surface area (TPSA) is 33.4 Å². The zero-order valence-electron chi connectivity index (χ0n) is 11.4. The highest BCUT2D eigenvalue weighted by molar-refractivity contribution is 9.10. The molecule has 19 heavy (non-hydrogen) atoms. The maximum Gasteiger partial charge on any atom is 0.180 e. The van der Waals surface area contributed by atoms with E-state index >= 15 is 0 Å². The maximum atomic E-state index is 4.67. The molecule has 5 heteroatoms. The number of rotatable bonds is 5. The lowest BCUT2D eigenvalue weighted by molar-refractivity contribution is 0.568. The average Bonchev–Trinajstić information content (AvgIpc) is 3.07. The SMILES string of the molecule is CC(C)CCN(c1nc(Br)cn2ccnc12)C1CC1. The summed E-state index contributed by atoms with van der Waals surface area (Å²) in [4.78, 5) is 11.6. The molecule has 2 aromatic heterocycles. The first-order chi connectivity index (χ1) is 9.15. The van der Waals surface area contributed by atoms with Crippen LogP contribution >= 0.6 is 15.9 Å². The minimum atomic E-state index is 0.654. The molecule has 2 heterocycles. The van der Waals surface area contributed by atoms with Crippen molar-refractivity contribution in [3.8, 4) is 0 Å². The second-order valence-corrected chi connectivity index (χ2v) is 6.46. The number of aromatic nitrogens is 3. The van der Waals surface area contributed by atoms with Gasteiger partial charge in [0.05, 0.1) is 0 Å². The third kappa shape index (κ3) is 2.76. The van der Waals surface area contributed by atoms with E-state index in [-0.39, 0.29) is 0 Å². The lowest BCUT2D eigenvalue weighted by Crippen LogP contribution is -2.29. The molecule has 2 aromatic rings. The van der Waals surface area contributed by atoms with Crippen LogP contribution in [0.4, 0.5) is 5.82 Å². The molecule has 3 rings (SSSR count). The summed E-state index contributed by atoms with van der Waals surface area (Å²) in [5.41, 5.74) is 0.957. The zero-order valence-corrected chi connectivity index (χ0v) is 13.0.